The van der Waals surface area contributed by atoms with Crippen LogP contribution in [-0.4, -0.2) is 26.8 Å². The van der Waals surface area contributed by atoms with Gasteiger partial charge in [-0.05, 0) is 43.9 Å². The van der Waals surface area contributed by atoms with Gasteiger partial charge in [0.25, 0.3) is 11.8 Å². The summed E-state index contributed by atoms with van der Waals surface area (Å²) < 4.78 is 36.1. The first-order valence-corrected chi connectivity index (χ1v) is 9.88. The van der Waals surface area contributed by atoms with E-state index in [-0.39, 0.29) is 0 Å². The summed E-state index contributed by atoms with van der Waals surface area (Å²) in [5.41, 5.74) is 1.89. The van der Waals surface area contributed by atoms with Crippen LogP contribution >= 0.6 is 0 Å². The largest absolute Gasteiger partial charge is 0.385 e. The van der Waals surface area contributed by atoms with Crippen LogP contribution in [-0.2, 0) is 12.3 Å². The van der Waals surface area contributed by atoms with E-state index in [2.05, 4.69) is 30.1 Å². The molecule has 0 unspecified atom stereocenters. The summed E-state index contributed by atoms with van der Waals surface area (Å²) in [6, 6.07) is 7.90. The SMILES string of the molecule is CC(F)(F)c1nc(CCCCCNc2cccc(-c3nc(C4CC4)no3)c2)no1. The number of nitrogens with zero attached hydrogens (tertiary/aromatic N) is 4. The average molecular weight is 403 g/mol. The highest BCUT2D eigenvalue weighted by atomic mass is 19.3. The zero-order valence-electron chi connectivity index (χ0n) is 16.2. The molecule has 0 amide bonds. The monoisotopic (exact) mass is 403 g/mol. The fraction of sp³-hybridized carbons (Fsp3) is 0.500. The number of benzene rings is 1. The normalized spacial score (nSPS) is 14.3. The Morgan fingerprint density at radius 3 is 2.72 bits per heavy atom. The molecule has 0 radical (unpaired) electrons. The first-order valence-electron chi connectivity index (χ1n) is 9.88. The topological polar surface area (TPSA) is 89.9 Å². The number of aromatic nitrogens is 4. The summed E-state index contributed by atoms with van der Waals surface area (Å²) in [4.78, 5) is 8.22. The maximum absolute atomic E-state index is 13.1. The predicted octanol–water partition coefficient (Wildman–Crippen LogP) is 4.93. The van der Waals surface area contributed by atoms with E-state index >= 15 is 0 Å². The van der Waals surface area contributed by atoms with Crippen molar-refractivity contribution in [3.8, 4) is 11.5 Å². The molecule has 0 bridgehead atoms. The van der Waals surface area contributed by atoms with Gasteiger partial charge in [0.15, 0.2) is 11.6 Å². The van der Waals surface area contributed by atoms with E-state index in [0.29, 0.717) is 24.1 Å². The molecule has 2 aromatic heterocycles. The van der Waals surface area contributed by atoms with E-state index in [4.69, 9.17) is 4.52 Å². The number of anilines is 1. The van der Waals surface area contributed by atoms with Gasteiger partial charge in [0, 0.05) is 37.1 Å². The van der Waals surface area contributed by atoms with Gasteiger partial charge in [-0.3, -0.25) is 0 Å². The second-order valence-electron chi connectivity index (χ2n) is 7.45. The summed E-state index contributed by atoms with van der Waals surface area (Å²) in [6.07, 6.45) is 5.47. The quantitative estimate of drug-likeness (QED) is 0.480. The Hall–Kier alpha value is -2.84. The summed E-state index contributed by atoms with van der Waals surface area (Å²) >= 11 is 0. The fourth-order valence-corrected chi connectivity index (χ4v) is 2.97. The molecule has 9 heteroatoms. The van der Waals surface area contributed by atoms with Crippen molar-refractivity contribution in [3.63, 3.8) is 0 Å². The second kappa shape index (κ2) is 8.26. The lowest BCUT2D eigenvalue weighted by Gasteiger charge is -2.07. The van der Waals surface area contributed by atoms with Gasteiger partial charge in [0.2, 0.25) is 0 Å². The number of unbranched alkanes of at least 4 members (excludes halogenated alkanes) is 2. The van der Waals surface area contributed by atoms with Crippen LogP contribution in [0.1, 0.15) is 62.5 Å². The Morgan fingerprint density at radius 2 is 1.97 bits per heavy atom. The number of aryl methyl sites for hydroxylation is 1. The van der Waals surface area contributed by atoms with E-state index in [1.807, 2.05) is 24.3 Å². The fourth-order valence-electron chi connectivity index (χ4n) is 2.97. The van der Waals surface area contributed by atoms with Crippen LogP contribution in [0.4, 0.5) is 14.5 Å². The highest BCUT2D eigenvalue weighted by molar-refractivity contribution is 5.61. The lowest BCUT2D eigenvalue weighted by Crippen LogP contribution is -2.07. The molecule has 0 spiro atoms. The Labute approximate surface area is 166 Å². The lowest BCUT2D eigenvalue weighted by molar-refractivity contribution is -0.0158. The standard InChI is InChI=1S/C20H23F2N5O2/c1-20(21,22)19-24-16(26-29-19)8-3-2-4-11-23-15-7-5-6-14(12-15)18-25-17(27-28-18)13-9-10-13/h5-7,12-13,23H,2-4,8-11H2,1H3. The van der Waals surface area contributed by atoms with Crippen molar-refractivity contribution >= 4 is 5.69 Å². The summed E-state index contributed by atoms with van der Waals surface area (Å²) in [6.45, 7) is 1.54. The van der Waals surface area contributed by atoms with Crippen molar-refractivity contribution < 1.29 is 17.8 Å². The maximum Gasteiger partial charge on any atom is 0.322 e. The molecule has 3 aromatic rings. The lowest BCUT2D eigenvalue weighted by atomic mass is 10.1. The maximum atomic E-state index is 13.1. The highest BCUT2D eigenvalue weighted by Gasteiger charge is 2.32. The molecule has 1 N–H and O–H groups in total. The van der Waals surface area contributed by atoms with Gasteiger partial charge in [-0.15, -0.1) is 0 Å². The molecule has 4 rings (SSSR count). The molecule has 1 saturated carbocycles. The molecule has 0 atom stereocenters. The van der Waals surface area contributed by atoms with E-state index < -0.39 is 11.8 Å². The molecular weight excluding hydrogens is 380 g/mol. The van der Waals surface area contributed by atoms with Crippen molar-refractivity contribution in [2.75, 3.05) is 11.9 Å². The van der Waals surface area contributed by atoms with E-state index in [1.54, 1.807) is 0 Å². The van der Waals surface area contributed by atoms with Gasteiger partial charge in [-0.2, -0.15) is 18.7 Å². The first-order chi connectivity index (χ1) is 14.0. The minimum atomic E-state index is -3.09. The van der Waals surface area contributed by atoms with Crippen molar-refractivity contribution in [2.45, 2.75) is 57.3 Å². The van der Waals surface area contributed by atoms with Gasteiger partial charge in [-0.25, -0.2) is 0 Å². The van der Waals surface area contributed by atoms with Gasteiger partial charge in [0.1, 0.15) is 0 Å². The zero-order chi connectivity index (χ0) is 20.3. The second-order valence-corrected chi connectivity index (χ2v) is 7.45. The van der Waals surface area contributed by atoms with Gasteiger partial charge >= 0.3 is 5.92 Å². The summed E-state index contributed by atoms with van der Waals surface area (Å²) in [5.74, 6) is -1.58. The number of hydrogen-bond donors (Lipinski definition) is 1. The molecule has 1 fully saturated rings. The van der Waals surface area contributed by atoms with Crippen LogP contribution in [0, 0.1) is 0 Å². The molecule has 1 aromatic carbocycles. The minimum absolute atomic E-state index is 0.326. The van der Waals surface area contributed by atoms with Crippen molar-refractivity contribution in [3.05, 3.63) is 41.8 Å². The minimum Gasteiger partial charge on any atom is -0.385 e. The van der Waals surface area contributed by atoms with E-state index in [1.165, 1.54) is 0 Å². The smallest absolute Gasteiger partial charge is 0.322 e. The van der Waals surface area contributed by atoms with Gasteiger partial charge in [-0.1, -0.05) is 22.8 Å². The van der Waals surface area contributed by atoms with E-state index in [0.717, 1.165) is 62.6 Å². The molecule has 2 heterocycles. The van der Waals surface area contributed by atoms with Gasteiger partial charge in [0.05, 0.1) is 0 Å². The third-order valence-corrected chi connectivity index (χ3v) is 4.74. The van der Waals surface area contributed by atoms with Crippen molar-refractivity contribution in [2.24, 2.45) is 0 Å². The zero-order valence-corrected chi connectivity index (χ0v) is 16.2. The number of alkyl halides is 2. The third kappa shape index (κ3) is 5.16. The average Bonchev–Trinajstić information content (AvgIpc) is 3.22. The summed E-state index contributed by atoms with van der Waals surface area (Å²) in [7, 11) is 0. The van der Waals surface area contributed by atoms with Crippen molar-refractivity contribution in [1.29, 1.82) is 0 Å². The number of rotatable bonds is 10. The summed E-state index contributed by atoms with van der Waals surface area (Å²) in [5, 5.41) is 11.0. The molecule has 154 valence electrons. The van der Waals surface area contributed by atoms with Crippen LogP contribution in [0.5, 0.6) is 0 Å². The van der Waals surface area contributed by atoms with Crippen LogP contribution in [0.2, 0.25) is 0 Å². The van der Waals surface area contributed by atoms with Crippen LogP contribution in [0.15, 0.2) is 33.3 Å². The van der Waals surface area contributed by atoms with E-state index in [9.17, 15) is 8.78 Å². The number of halogens is 2. The molecule has 0 saturated heterocycles. The number of hydrogen-bond acceptors (Lipinski definition) is 7. The molecule has 29 heavy (non-hydrogen) atoms. The molecule has 7 nitrogen and oxygen atoms in total. The van der Waals surface area contributed by atoms with Crippen molar-refractivity contribution in [1.82, 2.24) is 20.3 Å². The van der Waals surface area contributed by atoms with Crippen LogP contribution < -0.4 is 5.32 Å². The molecule has 0 aliphatic heterocycles. The highest BCUT2D eigenvalue weighted by Crippen LogP contribution is 2.39. The Kier molecular flexibility index (Phi) is 5.55. The number of nitrogens with one attached hydrogen (secondary N) is 1. The molecular formula is C20H23F2N5O2. The predicted molar refractivity (Wildman–Crippen MR) is 102 cm³/mol. The Bertz CT molecular complexity index is 946. The Morgan fingerprint density at radius 1 is 1.10 bits per heavy atom. The van der Waals surface area contributed by atoms with Crippen LogP contribution in [0.3, 0.4) is 0 Å². The molecule has 1 aliphatic rings. The Balaban J connectivity index is 1.19. The molecule has 1 aliphatic carbocycles. The van der Waals surface area contributed by atoms with Gasteiger partial charge < -0.3 is 14.4 Å². The first kappa shape index (κ1) is 19.5. The third-order valence-electron chi connectivity index (χ3n) is 4.74. The van der Waals surface area contributed by atoms with Crippen LogP contribution in [0.25, 0.3) is 11.5 Å².